The zero-order chi connectivity index (χ0) is 12.0. The van der Waals surface area contributed by atoms with Crippen molar-refractivity contribution in [2.24, 2.45) is 5.92 Å². The number of phenolic OH excluding ortho intramolecular Hbond substituents is 1. The Morgan fingerprint density at radius 1 is 1.35 bits per heavy atom. The van der Waals surface area contributed by atoms with Crippen LogP contribution in [0.5, 0.6) is 5.75 Å². The van der Waals surface area contributed by atoms with Gasteiger partial charge in [-0.1, -0.05) is 6.07 Å². The first-order chi connectivity index (χ1) is 8.13. The molecule has 3 heteroatoms. The number of hydrogen-bond donors (Lipinski definition) is 2. The van der Waals surface area contributed by atoms with Crippen molar-refractivity contribution in [3.8, 4) is 5.75 Å². The van der Waals surface area contributed by atoms with E-state index in [4.69, 9.17) is 0 Å². The zero-order valence-corrected chi connectivity index (χ0v) is 9.65. The van der Waals surface area contributed by atoms with Gasteiger partial charge in [0.1, 0.15) is 5.75 Å². The molecule has 17 heavy (non-hydrogen) atoms. The van der Waals surface area contributed by atoms with Gasteiger partial charge in [0, 0.05) is 5.41 Å². The highest BCUT2D eigenvalue weighted by Gasteiger charge is 2.53. The van der Waals surface area contributed by atoms with Crippen LogP contribution in [0.15, 0.2) is 18.2 Å². The summed E-state index contributed by atoms with van der Waals surface area (Å²) in [6.07, 6.45) is 4.72. The van der Waals surface area contributed by atoms with Crippen molar-refractivity contribution in [2.45, 2.75) is 37.5 Å². The van der Waals surface area contributed by atoms with E-state index >= 15 is 0 Å². The molecule has 0 aromatic heterocycles. The fourth-order valence-electron chi connectivity index (χ4n) is 3.59. The Morgan fingerprint density at radius 3 is 2.82 bits per heavy atom. The molecule has 2 N–H and O–H groups in total. The number of fused-ring (bicyclic) bond motifs is 2. The molecular weight excluding hydrogens is 216 g/mol. The van der Waals surface area contributed by atoms with Crippen molar-refractivity contribution in [1.29, 1.82) is 0 Å². The van der Waals surface area contributed by atoms with Gasteiger partial charge >= 0.3 is 5.97 Å². The Balaban J connectivity index is 2.10. The van der Waals surface area contributed by atoms with Crippen molar-refractivity contribution < 1.29 is 15.0 Å². The van der Waals surface area contributed by atoms with E-state index in [0.29, 0.717) is 0 Å². The summed E-state index contributed by atoms with van der Waals surface area (Å²) in [6.45, 7) is 0. The second-order valence-corrected chi connectivity index (χ2v) is 5.28. The van der Waals surface area contributed by atoms with Crippen LogP contribution in [0.25, 0.3) is 0 Å². The smallest absolute Gasteiger partial charge is 0.307 e. The quantitative estimate of drug-likeness (QED) is 0.782. The minimum absolute atomic E-state index is 0.196. The summed E-state index contributed by atoms with van der Waals surface area (Å²) in [4.78, 5) is 11.3. The minimum Gasteiger partial charge on any atom is -0.508 e. The van der Waals surface area contributed by atoms with Gasteiger partial charge < -0.3 is 10.2 Å². The van der Waals surface area contributed by atoms with Crippen LogP contribution in [0.1, 0.15) is 36.8 Å². The Morgan fingerprint density at radius 2 is 2.18 bits per heavy atom. The second-order valence-electron chi connectivity index (χ2n) is 5.28. The fourth-order valence-corrected chi connectivity index (χ4v) is 3.59. The third-order valence-corrected chi connectivity index (χ3v) is 4.54. The number of aryl methyl sites for hydroxylation is 1. The Bertz CT molecular complexity index is 480. The molecule has 3 nitrogen and oxygen atoms in total. The van der Waals surface area contributed by atoms with Gasteiger partial charge in [-0.15, -0.1) is 0 Å². The van der Waals surface area contributed by atoms with Gasteiger partial charge in [-0.05, 0) is 55.4 Å². The van der Waals surface area contributed by atoms with Crippen LogP contribution in [0.3, 0.4) is 0 Å². The molecule has 0 unspecified atom stereocenters. The van der Waals surface area contributed by atoms with Crippen molar-refractivity contribution >= 4 is 5.97 Å². The normalized spacial score (nSPS) is 30.7. The maximum Gasteiger partial charge on any atom is 0.307 e. The molecule has 0 heterocycles. The SMILES string of the molecule is O=C(O)[C@@H]1CC[C@]12CCCc1ccc(O)cc12. The number of hydrogen-bond acceptors (Lipinski definition) is 2. The van der Waals surface area contributed by atoms with Crippen LogP contribution in [0.2, 0.25) is 0 Å². The molecule has 3 rings (SSSR count). The Labute approximate surface area is 100 Å². The Kier molecular flexibility index (Phi) is 2.18. The molecule has 0 saturated heterocycles. The van der Waals surface area contributed by atoms with Gasteiger partial charge in [-0.2, -0.15) is 0 Å². The average molecular weight is 232 g/mol. The molecule has 0 bridgehead atoms. The molecule has 1 aromatic carbocycles. The number of aromatic hydroxyl groups is 1. The third-order valence-electron chi connectivity index (χ3n) is 4.54. The van der Waals surface area contributed by atoms with Crippen LogP contribution in [0, 0.1) is 5.92 Å². The number of benzene rings is 1. The predicted molar refractivity (Wildman–Crippen MR) is 63.1 cm³/mol. The molecule has 2 atom stereocenters. The van der Waals surface area contributed by atoms with Crippen LogP contribution in [-0.2, 0) is 16.6 Å². The molecule has 90 valence electrons. The molecule has 0 amide bonds. The Hall–Kier alpha value is -1.51. The number of carbonyl (C=O) groups is 1. The molecule has 2 aliphatic rings. The largest absolute Gasteiger partial charge is 0.508 e. The van der Waals surface area contributed by atoms with Gasteiger partial charge in [-0.25, -0.2) is 0 Å². The first-order valence-corrected chi connectivity index (χ1v) is 6.19. The maximum absolute atomic E-state index is 11.3. The monoisotopic (exact) mass is 232 g/mol. The van der Waals surface area contributed by atoms with Crippen molar-refractivity contribution in [3.63, 3.8) is 0 Å². The lowest BCUT2D eigenvalue weighted by atomic mass is 9.52. The summed E-state index contributed by atoms with van der Waals surface area (Å²) < 4.78 is 0. The van der Waals surface area contributed by atoms with E-state index in [2.05, 4.69) is 0 Å². The summed E-state index contributed by atoms with van der Waals surface area (Å²) >= 11 is 0. The van der Waals surface area contributed by atoms with Gasteiger partial charge in [-0.3, -0.25) is 4.79 Å². The van der Waals surface area contributed by atoms with Gasteiger partial charge in [0.15, 0.2) is 0 Å². The summed E-state index contributed by atoms with van der Waals surface area (Å²) in [5.41, 5.74) is 2.11. The highest BCUT2D eigenvalue weighted by Crippen LogP contribution is 2.55. The van der Waals surface area contributed by atoms with Crippen molar-refractivity contribution in [3.05, 3.63) is 29.3 Å². The van der Waals surface area contributed by atoms with E-state index in [1.165, 1.54) is 5.56 Å². The summed E-state index contributed by atoms with van der Waals surface area (Å²) in [6, 6.07) is 5.43. The second kappa shape index (κ2) is 3.49. The first-order valence-electron chi connectivity index (χ1n) is 6.19. The molecule has 2 aliphatic carbocycles. The molecular formula is C14H16O3. The highest BCUT2D eigenvalue weighted by atomic mass is 16.4. The minimum atomic E-state index is -0.688. The first kappa shape index (κ1) is 10.6. The summed E-state index contributed by atoms with van der Waals surface area (Å²) in [5, 5.41) is 18.9. The molecule has 1 aromatic rings. The molecule has 0 aliphatic heterocycles. The number of phenols is 1. The lowest BCUT2D eigenvalue weighted by Gasteiger charge is -2.51. The fraction of sp³-hybridized carbons (Fsp3) is 0.500. The highest BCUT2D eigenvalue weighted by molar-refractivity contribution is 5.74. The van der Waals surface area contributed by atoms with E-state index in [1.807, 2.05) is 6.07 Å². The van der Waals surface area contributed by atoms with Crippen LogP contribution >= 0.6 is 0 Å². The molecule has 0 radical (unpaired) electrons. The van der Waals surface area contributed by atoms with Crippen molar-refractivity contribution in [1.82, 2.24) is 0 Å². The molecule has 1 fully saturated rings. The van der Waals surface area contributed by atoms with Gasteiger partial charge in [0.05, 0.1) is 5.92 Å². The van der Waals surface area contributed by atoms with E-state index in [0.717, 1.165) is 37.7 Å². The number of carboxylic acids is 1. The van der Waals surface area contributed by atoms with Crippen LogP contribution < -0.4 is 0 Å². The zero-order valence-electron chi connectivity index (χ0n) is 9.65. The molecule has 1 spiro atoms. The summed E-state index contributed by atoms with van der Waals surface area (Å²) in [7, 11) is 0. The number of carboxylic acid groups (broad SMARTS) is 1. The maximum atomic E-state index is 11.3. The lowest BCUT2D eigenvalue weighted by Crippen LogP contribution is -2.50. The average Bonchev–Trinajstić information content (AvgIpc) is 2.25. The molecule has 1 saturated carbocycles. The van der Waals surface area contributed by atoms with E-state index in [-0.39, 0.29) is 17.1 Å². The lowest BCUT2D eigenvalue weighted by molar-refractivity contribution is -0.150. The number of rotatable bonds is 1. The third kappa shape index (κ3) is 1.38. The summed E-state index contributed by atoms with van der Waals surface area (Å²) in [5.74, 6) is -0.697. The van der Waals surface area contributed by atoms with Crippen molar-refractivity contribution in [2.75, 3.05) is 0 Å². The van der Waals surface area contributed by atoms with E-state index < -0.39 is 5.97 Å². The van der Waals surface area contributed by atoms with E-state index in [9.17, 15) is 15.0 Å². The van der Waals surface area contributed by atoms with Crippen LogP contribution in [-0.4, -0.2) is 16.2 Å². The van der Waals surface area contributed by atoms with Gasteiger partial charge in [0.2, 0.25) is 0 Å². The topological polar surface area (TPSA) is 57.5 Å². The number of aliphatic carboxylic acids is 1. The standard InChI is InChI=1S/C14H16O3/c15-10-4-3-9-2-1-6-14(12(9)8-10)7-5-11(14)13(16)17/h3-4,8,11,15H,1-2,5-7H2,(H,16,17)/t11-,14+/m0/s1. The van der Waals surface area contributed by atoms with Crippen LogP contribution in [0.4, 0.5) is 0 Å². The van der Waals surface area contributed by atoms with Gasteiger partial charge in [0.25, 0.3) is 0 Å². The predicted octanol–water partition coefficient (Wildman–Crippen LogP) is 2.46. The van der Waals surface area contributed by atoms with E-state index in [1.54, 1.807) is 12.1 Å².